The van der Waals surface area contributed by atoms with Gasteiger partial charge >= 0.3 is 0 Å². The van der Waals surface area contributed by atoms with Crippen molar-refractivity contribution in [1.29, 1.82) is 0 Å². The monoisotopic (exact) mass is 268 g/mol. The molecule has 1 aromatic carbocycles. The van der Waals surface area contributed by atoms with Crippen LogP contribution in [0.4, 0.5) is 11.5 Å². The predicted octanol–water partition coefficient (Wildman–Crippen LogP) is 3.34. The van der Waals surface area contributed by atoms with E-state index in [0.29, 0.717) is 16.5 Å². The van der Waals surface area contributed by atoms with E-state index in [4.69, 9.17) is 18.0 Å². The van der Waals surface area contributed by atoms with Crippen LogP contribution in [0.1, 0.15) is 5.56 Å². The Morgan fingerprint density at radius 3 is 3.05 bits per heavy atom. The second kappa shape index (κ2) is 4.63. The van der Waals surface area contributed by atoms with E-state index in [0.717, 1.165) is 16.6 Å². The summed E-state index contributed by atoms with van der Waals surface area (Å²) in [7, 11) is 0. The molecule has 3 rings (SSSR count). The summed E-state index contributed by atoms with van der Waals surface area (Å²) in [4.78, 5) is 11.3. The Morgan fingerprint density at radius 1 is 1.32 bits per heavy atom. The number of anilines is 2. The van der Waals surface area contributed by atoms with Crippen molar-refractivity contribution in [1.82, 2.24) is 15.0 Å². The number of H-pyrrole nitrogens is 1. The second-order valence-electron chi connectivity index (χ2n) is 3.93. The molecule has 2 aromatic heterocycles. The summed E-state index contributed by atoms with van der Waals surface area (Å²) in [6.07, 6.45) is 8.54. The quantitative estimate of drug-likeness (QED) is 0.701. The Morgan fingerprint density at radius 2 is 2.21 bits per heavy atom. The van der Waals surface area contributed by atoms with Crippen LogP contribution >= 0.6 is 11.6 Å². The first kappa shape index (κ1) is 11.6. The zero-order valence-corrected chi connectivity index (χ0v) is 10.6. The lowest BCUT2D eigenvalue weighted by atomic mass is 10.2. The molecular weight excluding hydrogens is 260 g/mol. The molecule has 2 N–H and O–H groups in total. The molecule has 2 heterocycles. The van der Waals surface area contributed by atoms with Gasteiger partial charge in [-0.15, -0.1) is 6.42 Å². The number of aromatic amines is 1. The minimum Gasteiger partial charge on any atom is -0.344 e. The van der Waals surface area contributed by atoms with Crippen molar-refractivity contribution in [3.63, 3.8) is 0 Å². The van der Waals surface area contributed by atoms with Crippen LogP contribution in [0.25, 0.3) is 11.0 Å². The topological polar surface area (TPSA) is 53.6 Å². The average molecular weight is 269 g/mol. The van der Waals surface area contributed by atoms with Crippen molar-refractivity contribution in [2.75, 3.05) is 5.32 Å². The van der Waals surface area contributed by atoms with E-state index in [2.05, 4.69) is 26.2 Å². The normalized spacial score (nSPS) is 10.3. The number of nitrogens with one attached hydrogen (secondary N) is 2. The fourth-order valence-electron chi connectivity index (χ4n) is 1.84. The third-order valence-corrected chi connectivity index (χ3v) is 3.01. The zero-order valence-electron chi connectivity index (χ0n) is 9.81. The second-order valence-corrected chi connectivity index (χ2v) is 4.34. The molecule has 0 aliphatic carbocycles. The van der Waals surface area contributed by atoms with Crippen LogP contribution in [0.3, 0.4) is 0 Å². The van der Waals surface area contributed by atoms with Gasteiger partial charge in [-0.25, -0.2) is 9.97 Å². The summed E-state index contributed by atoms with van der Waals surface area (Å²) < 4.78 is 0. The summed E-state index contributed by atoms with van der Waals surface area (Å²) in [5.41, 5.74) is 2.35. The van der Waals surface area contributed by atoms with E-state index in [1.54, 1.807) is 6.20 Å². The van der Waals surface area contributed by atoms with E-state index in [9.17, 15) is 0 Å². The Bertz CT molecular complexity index is 785. The van der Waals surface area contributed by atoms with E-state index >= 15 is 0 Å². The molecule has 0 aliphatic heterocycles. The highest BCUT2D eigenvalue weighted by atomic mass is 35.5. The highest BCUT2D eigenvalue weighted by molar-refractivity contribution is 6.36. The predicted molar refractivity (Wildman–Crippen MR) is 76.6 cm³/mol. The molecule has 92 valence electrons. The van der Waals surface area contributed by atoms with Gasteiger partial charge in [0.2, 0.25) is 0 Å². The van der Waals surface area contributed by atoms with Crippen molar-refractivity contribution in [2.24, 2.45) is 0 Å². The third-order valence-electron chi connectivity index (χ3n) is 2.71. The minimum absolute atomic E-state index is 0.575. The van der Waals surface area contributed by atoms with Gasteiger partial charge in [-0.05, 0) is 18.2 Å². The summed E-state index contributed by atoms with van der Waals surface area (Å²) >= 11 is 6.12. The molecule has 0 saturated carbocycles. The number of benzene rings is 1. The van der Waals surface area contributed by atoms with Crippen LogP contribution in [0, 0.1) is 12.3 Å². The molecule has 0 atom stereocenters. The molecule has 0 radical (unpaired) electrons. The number of rotatable bonds is 2. The maximum atomic E-state index is 6.12. The van der Waals surface area contributed by atoms with Gasteiger partial charge in [0.1, 0.15) is 17.8 Å². The van der Waals surface area contributed by atoms with Crippen molar-refractivity contribution in [3.05, 3.63) is 47.4 Å². The fourth-order valence-corrected chi connectivity index (χ4v) is 2.08. The highest BCUT2D eigenvalue weighted by Gasteiger charge is 2.09. The van der Waals surface area contributed by atoms with Gasteiger partial charge in [0, 0.05) is 17.4 Å². The number of nitrogens with zero attached hydrogens (tertiary/aromatic N) is 2. The van der Waals surface area contributed by atoms with Crippen molar-refractivity contribution in [2.45, 2.75) is 0 Å². The highest BCUT2D eigenvalue weighted by Crippen LogP contribution is 2.29. The lowest BCUT2D eigenvalue weighted by Crippen LogP contribution is -1.95. The van der Waals surface area contributed by atoms with Crippen molar-refractivity contribution >= 4 is 34.1 Å². The summed E-state index contributed by atoms with van der Waals surface area (Å²) in [5.74, 6) is 3.24. The van der Waals surface area contributed by atoms with Crippen LogP contribution < -0.4 is 5.32 Å². The maximum Gasteiger partial charge on any atom is 0.144 e. The van der Waals surface area contributed by atoms with Gasteiger partial charge in [-0.1, -0.05) is 23.6 Å². The molecule has 0 fully saturated rings. The molecule has 0 aliphatic rings. The van der Waals surface area contributed by atoms with Crippen LogP contribution in [0.2, 0.25) is 5.02 Å². The molecule has 0 amide bonds. The van der Waals surface area contributed by atoms with Crippen molar-refractivity contribution < 1.29 is 0 Å². The van der Waals surface area contributed by atoms with E-state index in [1.165, 1.54) is 6.33 Å². The van der Waals surface area contributed by atoms with Crippen LogP contribution in [-0.2, 0) is 0 Å². The third kappa shape index (κ3) is 2.12. The van der Waals surface area contributed by atoms with Crippen LogP contribution in [0.15, 0.2) is 36.8 Å². The van der Waals surface area contributed by atoms with Gasteiger partial charge in [0.05, 0.1) is 10.4 Å². The molecule has 19 heavy (non-hydrogen) atoms. The number of halogens is 1. The molecule has 0 unspecified atom stereocenters. The number of hydrogen-bond donors (Lipinski definition) is 2. The summed E-state index contributed by atoms with van der Waals surface area (Å²) in [6.45, 7) is 0. The van der Waals surface area contributed by atoms with Crippen LogP contribution in [0.5, 0.6) is 0 Å². The van der Waals surface area contributed by atoms with Gasteiger partial charge < -0.3 is 10.3 Å². The Kier molecular flexibility index (Phi) is 2.82. The Hall–Kier alpha value is -2.51. The van der Waals surface area contributed by atoms with Gasteiger partial charge in [0.15, 0.2) is 0 Å². The fraction of sp³-hybridized carbons (Fsp3) is 0. The molecular formula is C14H9ClN4. The van der Waals surface area contributed by atoms with E-state index in [1.807, 2.05) is 24.3 Å². The first-order valence-electron chi connectivity index (χ1n) is 5.59. The zero-order chi connectivity index (χ0) is 13.2. The first-order chi connectivity index (χ1) is 9.28. The number of fused-ring (bicyclic) bond motifs is 1. The van der Waals surface area contributed by atoms with Crippen molar-refractivity contribution in [3.8, 4) is 12.3 Å². The summed E-state index contributed by atoms with van der Waals surface area (Å²) in [6, 6.07) is 7.53. The standard InChI is InChI=1S/C14H9ClN4/c1-2-9-4-3-5-10(6-9)19-14-12-11(15)7-16-13(12)17-8-18-14/h1,3-8H,(H2,16,17,18,19). The number of aromatic nitrogens is 3. The first-order valence-corrected chi connectivity index (χ1v) is 5.97. The number of terminal acetylenes is 1. The lowest BCUT2D eigenvalue weighted by Gasteiger charge is -2.07. The maximum absolute atomic E-state index is 6.12. The van der Waals surface area contributed by atoms with E-state index < -0.39 is 0 Å². The average Bonchev–Trinajstić information content (AvgIpc) is 2.82. The molecule has 0 spiro atoms. The molecule has 3 aromatic rings. The SMILES string of the molecule is C#Cc1cccc(Nc2ncnc3[nH]cc(Cl)c23)c1. The Labute approximate surface area is 114 Å². The molecule has 0 saturated heterocycles. The smallest absolute Gasteiger partial charge is 0.144 e. The Balaban J connectivity index is 2.06. The summed E-state index contributed by atoms with van der Waals surface area (Å²) in [5, 5.41) is 4.53. The van der Waals surface area contributed by atoms with Gasteiger partial charge in [-0.2, -0.15) is 0 Å². The number of hydrogen-bond acceptors (Lipinski definition) is 3. The van der Waals surface area contributed by atoms with Crippen LogP contribution in [-0.4, -0.2) is 15.0 Å². The lowest BCUT2D eigenvalue weighted by molar-refractivity contribution is 1.20. The largest absolute Gasteiger partial charge is 0.344 e. The van der Waals surface area contributed by atoms with Gasteiger partial charge in [-0.3, -0.25) is 0 Å². The van der Waals surface area contributed by atoms with Gasteiger partial charge in [0.25, 0.3) is 0 Å². The molecule has 0 bridgehead atoms. The minimum atomic E-state index is 0.575. The molecule has 5 heteroatoms. The molecule has 4 nitrogen and oxygen atoms in total. The van der Waals surface area contributed by atoms with E-state index in [-0.39, 0.29) is 0 Å².